The Kier molecular flexibility index (Phi) is 5.57. The van der Waals surface area contributed by atoms with Gasteiger partial charge in [-0.05, 0) is 6.92 Å². The second-order valence-electron chi connectivity index (χ2n) is 3.22. The van der Waals surface area contributed by atoms with Crippen LogP contribution in [-0.4, -0.2) is 57.8 Å². The average Bonchev–Trinajstić information content (AvgIpc) is 2.22. The van der Waals surface area contributed by atoms with Gasteiger partial charge in [0.05, 0.1) is 6.10 Å². The fourth-order valence-corrected chi connectivity index (χ4v) is 0.920. The first-order chi connectivity index (χ1) is 7.31. The van der Waals surface area contributed by atoms with E-state index < -0.39 is 36.2 Å². The third-order valence-corrected chi connectivity index (χ3v) is 1.88. The van der Waals surface area contributed by atoms with Gasteiger partial charge in [-0.25, -0.2) is 0 Å². The van der Waals surface area contributed by atoms with Gasteiger partial charge in [-0.2, -0.15) is 0 Å². The van der Waals surface area contributed by atoms with E-state index in [-0.39, 0.29) is 6.29 Å². The normalized spacial score (nSPS) is 18.0. The van der Waals surface area contributed by atoms with Gasteiger partial charge < -0.3 is 31.2 Å². The van der Waals surface area contributed by atoms with Gasteiger partial charge in [0, 0.05) is 0 Å². The molecule has 0 saturated carbocycles. The Morgan fingerprint density at radius 1 is 1.25 bits per heavy atom. The van der Waals surface area contributed by atoms with Gasteiger partial charge in [-0.15, -0.1) is 0 Å². The lowest BCUT2D eigenvalue weighted by Gasteiger charge is -2.24. The van der Waals surface area contributed by atoms with Crippen LogP contribution >= 0.6 is 0 Å². The molecule has 0 fully saturated rings. The molecule has 16 heavy (non-hydrogen) atoms. The molecule has 0 aliphatic carbocycles. The van der Waals surface area contributed by atoms with Crippen molar-refractivity contribution < 1.29 is 29.7 Å². The Bertz CT molecular complexity index is 280. The molecule has 0 unspecified atom stereocenters. The molecule has 0 rings (SSSR count). The average molecular weight is 234 g/mol. The summed E-state index contributed by atoms with van der Waals surface area (Å²) in [6.45, 7) is 1.19. The molecule has 8 nitrogen and oxygen atoms in total. The second-order valence-corrected chi connectivity index (χ2v) is 3.22. The topological polar surface area (TPSA) is 150 Å². The summed E-state index contributed by atoms with van der Waals surface area (Å²) in [6.07, 6.45) is -4.55. The molecule has 0 saturated heterocycles. The fraction of sp³-hybridized carbons (Fsp3) is 0.625. The molecule has 0 aliphatic heterocycles. The largest absolute Gasteiger partial charge is 0.391 e. The first-order valence-corrected chi connectivity index (χ1v) is 4.41. The molecule has 6 N–H and O–H groups in total. The molecule has 2 amide bonds. The third kappa shape index (κ3) is 3.93. The zero-order chi connectivity index (χ0) is 12.9. The van der Waals surface area contributed by atoms with E-state index in [1.807, 2.05) is 0 Å². The Balaban J connectivity index is 4.55. The molecule has 0 aromatic carbocycles. The zero-order valence-electron chi connectivity index (χ0n) is 8.53. The molecule has 0 heterocycles. The van der Waals surface area contributed by atoms with Gasteiger partial charge >= 0.3 is 11.8 Å². The quantitative estimate of drug-likeness (QED) is 0.243. The van der Waals surface area contributed by atoms with Crippen LogP contribution < -0.4 is 11.1 Å². The van der Waals surface area contributed by atoms with Crippen molar-refractivity contribution in [3.8, 4) is 0 Å². The number of hydrogen-bond donors (Lipinski definition) is 5. The lowest BCUT2D eigenvalue weighted by Crippen LogP contribution is -2.54. The predicted molar refractivity (Wildman–Crippen MR) is 50.9 cm³/mol. The van der Waals surface area contributed by atoms with Gasteiger partial charge in [-0.1, -0.05) is 0 Å². The minimum absolute atomic E-state index is 0.122. The zero-order valence-corrected chi connectivity index (χ0v) is 8.53. The maximum atomic E-state index is 10.8. The summed E-state index contributed by atoms with van der Waals surface area (Å²) in [4.78, 5) is 31.7. The van der Waals surface area contributed by atoms with Crippen molar-refractivity contribution in [2.75, 3.05) is 0 Å². The van der Waals surface area contributed by atoms with Crippen LogP contribution in [0.2, 0.25) is 0 Å². The van der Waals surface area contributed by atoms with Gasteiger partial charge in [0.25, 0.3) is 0 Å². The van der Waals surface area contributed by atoms with E-state index in [1.54, 1.807) is 5.32 Å². The van der Waals surface area contributed by atoms with Crippen molar-refractivity contribution in [1.29, 1.82) is 0 Å². The molecule has 0 spiro atoms. The lowest BCUT2D eigenvalue weighted by molar-refractivity contribution is -0.140. The molecule has 8 heteroatoms. The Morgan fingerprint density at radius 2 is 1.75 bits per heavy atom. The van der Waals surface area contributed by atoms with Gasteiger partial charge in [0.2, 0.25) is 0 Å². The molecule has 0 aliphatic rings. The number of hydrogen-bond acceptors (Lipinski definition) is 6. The number of carbonyl (C=O) groups excluding carboxylic acids is 3. The van der Waals surface area contributed by atoms with E-state index in [0.29, 0.717) is 0 Å². The number of nitrogens with one attached hydrogen (secondary N) is 1. The van der Waals surface area contributed by atoms with E-state index in [9.17, 15) is 24.6 Å². The van der Waals surface area contributed by atoms with Crippen molar-refractivity contribution in [2.24, 2.45) is 5.73 Å². The number of amides is 2. The summed E-state index contributed by atoms with van der Waals surface area (Å²) in [5, 5.41) is 29.3. The van der Waals surface area contributed by atoms with Crippen molar-refractivity contribution >= 4 is 18.1 Å². The summed E-state index contributed by atoms with van der Waals surface area (Å²) >= 11 is 0. The summed E-state index contributed by atoms with van der Waals surface area (Å²) in [6, 6.07) is -1.52. The maximum Gasteiger partial charge on any atom is 0.309 e. The Hall–Kier alpha value is -1.51. The fourth-order valence-electron chi connectivity index (χ4n) is 0.920. The summed E-state index contributed by atoms with van der Waals surface area (Å²) in [5.41, 5.74) is 4.61. The van der Waals surface area contributed by atoms with Crippen LogP contribution in [-0.2, 0) is 14.4 Å². The standard InChI is InChI=1S/C8H14N2O6/c1-3(12)5(13)6(14)4(2-11)10-8(16)7(9)15/h2-6,12-14H,1H3,(H2,9,15)(H,10,16)/t3-,4+,5+,6-/m0/s1. The SMILES string of the molecule is C[C@H](O)[C@@H](O)[C@@H](O)[C@@H](C=O)NC(=O)C(N)=O. The summed E-state index contributed by atoms with van der Waals surface area (Å²) in [5.74, 6) is -2.60. The number of rotatable bonds is 5. The van der Waals surface area contributed by atoms with Crippen LogP contribution in [0.15, 0.2) is 0 Å². The molecule has 92 valence electrons. The molecule has 0 aromatic heterocycles. The molecule has 0 bridgehead atoms. The van der Waals surface area contributed by atoms with Crippen molar-refractivity contribution in [2.45, 2.75) is 31.3 Å². The number of aldehydes is 1. The van der Waals surface area contributed by atoms with Crippen LogP contribution in [0.3, 0.4) is 0 Å². The van der Waals surface area contributed by atoms with Gasteiger partial charge in [0.15, 0.2) is 0 Å². The number of carbonyl (C=O) groups is 3. The maximum absolute atomic E-state index is 10.8. The first kappa shape index (κ1) is 14.5. The van der Waals surface area contributed by atoms with Gasteiger partial charge in [0.1, 0.15) is 24.5 Å². The van der Waals surface area contributed by atoms with Crippen LogP contribution in [0, 0.1) is 0 Å². The van der Waals surface area contributed by atoms with Crippen molar-refractivity contribution in [3.05, 3.63) is 0 Å². The van der Waals surface area contributed by atoms with E-state index in [4.69, 9.17) is 5.11 Å². The van der Waals surface area contributed by atoms with Gasteiger partial charge in [-0.3, -0.25) is 9.59 Å². The smallest absolute Gasteiger partial charge is 0.309 e. The molecule has 0 aromatic rings. The number of aliphatic hydroxyl groups is 3. The summed E-state index contributed by atoms with van der Waals surface area (Å²) in [7, 11) is 0. The minimum atomic E-state index is -1.74. The van der Waals surface area contributed by atoms with Crippen LogP contribution in [0.25, 0.3) is 0 Å². The lowest BCUT2D eigenvalue weighted by atomic mass is 10.0. The number of aliphatic hydroxyl groups excluding tert-OH is 3. The van der Waals surface area contributed by atoms with E-state index in [0.717, 1.165) is 0 Å². The highest BCUT2D eigenvalue weighted by Crippen LogP contribution is 2.03. The molecular formula is C8H14N2O6. The highest BCUT2D eigenvalue weighted by Gasteiger charge is 2.31. The Morgan fingerprint density at radius 3 is 2.06 bits per heavy atom. The highest BCUT2D eigenvalue weighted by molar-refractivity contribution is 6.34. The third-order valence-electron chi connectivity index (χ3n) is 1.88. The highest BCUT2D eigenvalue weighted by atomic mass is 16.4. The van der Waals surface area contributed by atoms with Crippen molar-refractivity contribution in [3.63, 3.8) is 0 Å². The number of nitrogens with two attached hydrogens (primary N) is 1. The monoisotopic (exact) mass is 234 g/mol. The van der Waals surface area contributed by atoms with E-state index in [1.165, 1.54) is 6.92 Å². The first-order valence-electron chi connectivity index (χ1n) is 4.41. The van der Waals surface area contributed by atoms with Crippen LogP contribution in [0.4, 0.5) is 0 Å². The van der Waals surface area contributed by atoms with Crippen LogP contribution in [0.1, 0.15) is 6.92 Å². The predicted octanol–water partition coefficient (Wildman–Crippen LogP) is -3.74. The van der Waals surface area contributed by atoms with Crippen LogP contribution in [0.5, 0.6) is 0 Å². The molecular weight excluding hydrogens is 220 g/mol. The van der Waals surface area contributed by atoms with E-state index >= 15 is 0 Å². The number of primary amides is 1. The minimum Gasteiger partial charge on any atom is -0.391 e. The second kappa shape index (κ2) is 6.16. The molecule has 4 atom stereocenters. The Labute approximate surface area is 91.1 Å². The summed E-state index contributed by atoms with van der Waals surface area (Å²) < 4.78 is 0. The van der Waals surface area contributed by atoms with E-state index in [2.05, 4.69) is 5.73 Å². The van der Waals surface area contributed by atoms with Crippen molar-refractivity contribution in [1.82, 2.24) is 5.32 Å². The molecule has 0 radical (unpaired) electrons.